The number of aromatic nitrogens is 1. The number of nitrogen functional groups attached to an aromatic ring is 1. The van der Waals surface area contributed by atoms with Crippen LogP contribution in [0.1, 0.15) is 20.3 Å². The third-order valence-electron chi connectivity index (χ3n) is 3.04. The van der Waals surface area contributed by atoms with Crippen LogP contribution in [0.3, 0.4) is 0 Å². The molecule has 0 saturated heterocycles. The van der Waals surface area contributed by atoms with Gasteiger partial charge in [-0.3, -0.25) is 10.1 Å². The fourth-order valence-corrected chi connectivity index (χ4v) is 1.74. The number of nitrogens with zero attached hydrogens (tertiary/aromatic N) is 3. The molecule has 2 N–H and O–H groups in total. The lowest BCUT2D eigenvalue weighted by atomic mass is 10.2. The van der Waals surface area contributed by atoms with Crippen molar-refractivity contribution in [2.75, 3.05) is 30.9 Å². The number of methoxy groups -OCH3 is 1. The van der Waals surface area contributed by atoms with Gasteiger partial charge in [0, 0.05) is 25.8 Å². The topological polar surface area (TPSA) is 94.5 Å². The summed E-state index contributed by atoms with van der Waals surface area (Å²) in [6, 6.07) is 3.26. The van der Waals surface area contributed by atoms with Crippen LogP contribution in [0.2, 0.25) is 0 Å². The standard InChI is InChI=1S/C12H20N4O3/c1-4-9(2)15(7-8-19-3)11-6-5-10(16(17)18)12(13)14-11/h5-6,9H,4,7-8H2,1-3H3,(H2,13,14). The third-order valence-corrected chi connectivity index (χ3v) is 3.04. The van der Waals surface area contributed by atoms with E-state index in [1.807, 2.05) is 4.90 Å². The van der Waals surface area contributed by atoms with E-state index in [4.69, 9.17) is 10.5 Å². The first-order valence-electron chi connectivity index (χ1n) is 6.17. The summed E-state index contributed by atoms with van der Waals surface area (Å²) < 4.78 is 5.07. The molecule has 0 aromatic carbocycles. The van der Waals surface area contributed by atoms with Crippen molar-refractivity contribution in [1.29, 1.82) is 0 Å². The summed E-state index contributed by atoms with van der Waals surface area (Å²) in [7, 11) is 1.63. The van der Waals surface area contributed by atoms with Crippen LogP contribution >= 0.6 is 0 Å². The lowest BCUT2D eigenvalue weighted by Gasteiger charge is -2.29. The van der Waals surface area contributed by atoms with Gasteiger partial charge in [-0.2, -0.15) is 0 Å². The van der Waals surface area contributed by atoms with Gasteiger partial charge in [-0.25, -0.2) is 4.98 Å². The highest BCUT2D eigenvalue weighted by molar-refractivity contribution is 5.58. The Labute approximate surface area is 112 Å². The Morgan fingerprint density at radius 1 is 1.58 bits per heavy atom. The number of anilines is 2. The summed E-state index contributed by atoms with van der Waals surface area (Å²) in [5, 5.41) is 10.7. The predicted octanol–water partition coefficient (Wildman–Crippen LogP) is 1.82. The Bertz CT molecular complexity index is 439. The van der Waals surface area contributed by atoms with Gasteiger partial charge in [-0.15, -0.1) is 0 Å². The van der Waals surface area contributed by atoms with Gasteiger partial charge in [0.2, 0.25) is 5.82 Å². The minimum atomic E-state index is -0.533. The summed E-state index contributed by atoms with van der Waals surface area (Å²) in [4.78, 5) is 16.3. The van der Waals surface area contributed by atoms with E-state index < -0.39 is 4.92 Å². The molecule has 0 bridgehead atoms. The first kappa shape index (κ1) is 15.2. The van der Waals surface area contributed by atoms with Gasteiger partial charge in [0.15, 0.2) is 0 Å². The third kappa shape index (κ3) is 3.78. The lowest BCUT2D eigenvalue weighted by molar-refractivity contribution is -0.384. The average Bonchev–Trinajstić information content (AvgIpc) is 2.38. The summed E-state index contributed by atoms with van der Waals surface area (Å²) >= 11 is 0. The van der Waals surface area contributed by atoms with E-state index in [1.54, 1.807) is 13.2 Å². The van der Waals surface area contributed by atoms with Crippen LogP contribution in [-0.2, 0) is 4.74 Å². The fraction of sp³-hybridized carbons (Fsp3) is 0.583. The highest BCUT2D eigenvalue weighted by atomic mass is 16.6. The van der Waals surface area contributed by atoms with Gasteiger partial charge in [0.25, 0.3) is 0 Å². The van der Waals surface area contributed by atoms with Crippen LogP contribution in [0.4, 0.5) is 17.3 Å². The van der Waals surface area contributed by atoms with E-state index in [1.165, 1.54) is 6.07 Å². The molecular weight excluding hydrogens is 248 g/mol. The summed E-state index contributed by atoms with van der Waals surface area (Å²) in [5.74, 6) is 0.572. The molecule has 0 fully saturated rings. The first-order chi connectivity index (χ1) is 9.01. The highest BCUT2D eigenvalue weighted by Gasteiger charge is 2.18. The van der Waals surface area contributed by atoms with Crippen molar-refractivity contribution >= 4 is 17.3 Å². The zero-order chi connectivity index (χ0) is 14.4. The van der Waals surface area contributed by atoms with E-state index >= 15 is 0 Å². The number of ether oxygens (including phenoxy) is 1. The van der Waals surface area contributed by atoms with E-state index in [-0.39, 0.29) is 17.5 Å². The molecule has 106 valence electrons. The Morgan fingerprint density at radius 3 is 2.74 bits per heavy atom. The number of rotatable bonds is 7. The Morgan fingerprint density at radius 2 is 2.26 bits per heavy atom. The number of hydrogen-bond donors (Lipinski definition) is 1. The molecule has 0 saturated carbocycles. The van der Waals surface area contributed by atoms with Crippen LogP contribution in [0.15, 0.2) is 12.1 Å². The minimum Gasteiger partial charge on any atom is -0.383 e. The maximum absolute atomic E-state index is 10.7. The van der Waals surface area contributed by atoms with Gasteiger partial charge in [-0.1, -0.05) is 6.92 Å². The first-order valence-corrected chi connectivity index (χ1v) is 6.17. The fourth-order valence-electron chi connectivity index (χ4n) is 1.74. The molecule has 19 heavy (non-hydrogen) atoms. The van der Waals surface area contributed by atoms with Crippen LogP contribution in [-0.4, -0.2) is 36.2 Å². The van der Waals surface area contributed by atoms with Crippen LogP contribution in [0, 0.1) is 10.1 Å². The molecule has 7 nitrogen and oxygen atoms in total. The molecule has 1 rings (SSSR count). The van der Waals surface area contributed by atoms with Crippen molar-refractivity contribution in [2.45, 2.75) is 26.3 Å². The number of hydrogen-bond acceptors (Lipinski definition) is 6. The second kappa shape index (κ2) is 6.89. The smallest absolute Gasteiger partial charge is 0.311 e. The quantitative estimate of drug-likeness (QED) is 0.598. The van der Waals surface area contributed by atoms with E-state index in [2.05, 4.69) is 18.8 Å². The molecule has 7 heteroatoms. The van der Waals surface area contributed by atoms with Gasteiger partial charge in [0.1, 0.15) is 5.82 Å². The molecule has 1 aromatic rings. The highest BCUT2D eigenvalue weighted by Crippen LogP contribution is 2.24. The number of nitro groups is 1. The molecule has 0 aliphatic carbocycles. The van der Waals surface area contributed by atoms with Crippen molar-refractivity contribution < 1.29 is 9.66 Å². The monoisotopic (exact) mass is 268 g/mol. The number of pyridine rings is 1. The average molecular weight is 268 g/mol. The normalized spacial score (nSPS) is 12.2. The largest absolute Gasteiger partial charge is 0.383 e. The van der Waals surface area contributed by atoms with E-state index in [0.29, 0.717) is 19.0 Å². The molecule has 1 unspecified atom stereocenters. The SMILES string of the molecule is CCC(C)N(CCOC)c1ccc([N+](=O)[O-])c(N)n1. The zero-order valence-electron chi connectivity index (χ0n) is 11.5. The molecule has 1 heterocycles. The molecule has 1 atom stereocenters. The molecule has 0 aliphatic rings. The molecule has 1 aromatic heterocycles. The van der Waals surface area contributed by atoms with Crippen molar-refractivity contribution in [3.05, 3.63) is 22.2 Å². The van der Waals surface area contributed by atoms with Gasteiger partial charge in [0.05, 0.1) is 11.5 Å². The molecule has 0 radical (unpaired) electrons. The van der Waals surface area contributed by atoms with E-state index in [0.717, 1.165) is 6.42 Å². The van der Waals surface area contributed by atoms with Crippen molar-refractivity contribution in [3.8, 4) is 0 Å². The predicted molar refractivity (Wildman–Crippen MR) is 74.3 cm³/mol. The molecule has 0 amide bonds. The van der Waals surface area contributed by atoms with Crippen molar-refractivity contribution in [1.82, 2.24) is 4.98 Å². The molecule has 0 aliphatic heterocycles. The second-order valence-corrected chi connectivity index (χ2v) is 4.27. The Hall–Kier alpha value is -1.89. The number of nitrogens with two attached hydrogens (primary N) is 1. The van der Waals surface area contributed by atoms with Crippen LogP contribution in [0.5, 0.6) is 0 Å². The summed E-state index contributed by atoms with van der Waals surface area (Å²) in [6.07, 6.45) is 0.933. The van der Waals surface area contributed by atoms with Crippen LogP contribution in [0.25, 0.3) is 0 Å². The van der Waals surface area contributed by atoms with Crippen molar-refractivity contribution in [3.63, 3.8) is 0 Å². The summed E-state index contributed by atoms with van der Waals surface area (Å²) in [6.45, 7) is 5.35. The Kier molecular flexibility index (Phi) is 5.50. The van der Waals surface area contributed by atoms with Gasteiger partial charge in [-0.05, 0) is 19.4 Å². The van der Waals surface area contributed by atoms with Crippen LogP contribution < -0.4 is 10.6 Å². The maximum atomic E-state index is 10.7. The van der Waals surface area contributed by atoms with Crippen molar-refractivity contribution in [2.24, 2.45) is 0 Å². The minimum absolute atomic E-state index is 0.0618. The maximum Gasteiger partial charge on any atom is 0.311 e. The molecular formula is C12H20N4O3. The molecule has 0 spiro atoms. The van der Waals surface area contributed by atoms with Gasteiger partial charge < -0.3 is 15.4 Å². The van der Waals surface area contributed by atoms with Gasteiger partial charge >= 0.3 is 5.69 Å². The van der Waals surface area contributed by atoms with E-state index in [9.17, 15) is 10.1 Å². The lowest BCUT2D eigenvalue weighted by Crippen LogP contribution is -2.36. The zero-order valence-corrected chi connectivity index (χ0v) is 11.5. The Balaban J connectivity index is 3.02. The second-order valence-electron chi connectivity index (χ2n) is 4.27. The summed E-state index contributed by atoms with van der Waals surface area (Å²) in [5.41, 5.74) is 5.45.